The van der Waals surface area contributed by atoms with Crippen LogP contribution in [0.1, 0.15) is 16.2 Å². The Labute approximate surface area is 159 Å². The van der Waals surface area contributed by atoms with Crippen molar-refractivity contribution in [2.24, 2.45) is 0 Å². The highest BCUT2D eigenvalue weighted by atomic mass is 79.9. The minimum atomic E-state index is -0.982. The summed E-state index contributed by atoms with van der Waals surface area (Å²) in [5, 5.41) is 18.9. The van der Waals surface area contributed by atoms with Crippen LogP contribution in [0.3, 0.4) is 0 Å². The fourth-order valence-corrected chi connectivity index (χ4v) is 2.97. The maximum absolute atomic E-state index is 10.7. The standard InChI is InChI=1S/C9H6BrNO3.C8H6BrNO/c10-7(9(12)13)8-5-3-1-2-4-6(5)14-11-8;9-5-7-6-3-1-2-4-8(6)11-10-7/h1-4,7H,(H,12,13);1-4H,5H2. The van der Waals surface area contributed by atoms with Crippen molar-refractivity contribution in [3.8, 4) is 0 Å². The van der Waals surface area contributed by atoms with Crippen LogP contribution in [0.25, 0.3) is 21.9 Å². The Morgan fingerprint density at radius 1 is 1.00 bits per heavy atom. The normalized spacial score (nSPS) is 11.9. The number of aliphatic carboxylic acids is 1. The van der Waals surface area contributed by atoms with Crippen LogP contribution < -0.4 is 0 Å². The van der Waals surface area contributed by atoms with E-state index in [1.807, 2.05) is 30.3 Å². The predicted octanol–water partition coefficient (Wildman–Crippen LogP) is 5.07. The molecule has 8 heteroatoms. The number of alkyl halides is 2. The van der Waals surface area contributed by atoms with Crippen LogP contribution in [0.15, 0.2) is 57.6 Å². The average molecular weight is 468 g/mol. The summed E-state index contributed by atoms with van der Waals surface area (Å²) in [6, 6.07) is 15.0. The summed E-state index contributed by atoms with van der Waals surface area (Å²) >= 11 is 6.36. The molecule has 128 valence electrons. The van der Waals surface area contributed by atoms with Crippen LogP contribution in [-0.4, -0.2) is 21.4 Å². The molecular formula is C17H12Br2N2O4. The van der Waals surface area contributed by atoms with E-state index in [1.165, 1.54) is 0 Å². The van der Waals surface area contributed by atoms with E-state index in [0.29, 0.717) is 11.3 Å². The van der Waals surface area contributed by atoms with Gasteiger partial charge in [0.25, 0.3) is 0 Å². The van der Waals surface area contributed by atoms with Crippen LogP contribution in [0.5, 0.6) is 0 Å². The number of carbonyl (C=O) groups is 1. The van der Waals surface area contributed by atoms with Gasteiger partial charge in [-0.25, -0.2) is 0 Å². The van der Waals surface area contributed by atoms with Gasteiger partial charge in [-0.15, -0.1) is 0 Å². The maximum atomic E-state index is 10.7. The minimum Gasteiger partial charge on any atom is -0.480 e. The number of rotatable bonds is 3. The van der Waals surface area contributed by atoms with Gasteiger partial charge in [0.15, 0.2) is 16.0 Å². The molecule has 1 atom stereocenters. The van der Waals surface area contributed by atoms with E-state index < -0.39 is 10.8 Å². The van der Waals surface area contributed by atoms with E-state index in [4.69, 9.17) is 14.2 Å². The van der Waals surface area contributed by atoms with Crippen molar-refractivity contribution < 1.29 is 18.9 Å². The van der Waals surface area contributed by atoms with Gasteiger partial charge in [0.1, 0.15) is 11.4 Å². The zero-order valence-corrected chi connectivity index (χ0v) is 15.9. The van der Waals surface area contributed by atoms with Gasteiger partial charge in [-0.1, -0.05) is 66.4 Å². The summed E-state index contributed by atoms with van der Waals surface area (Å²) in [4.78, 5) is 9.89. The molecule has 0 amide bonds. The van der Waals surface area contributed by atoms with Crippen LogP contribution in [0.4, 0.5) is 0 Å². The molecule has 0 aliphatic rings. The van der Waals surface area contributed by atoms with Crippen molar-refractivity contribution in [1.82, 2.24) is 10.3 Å². The molecule has 25 heavy (non-hydrogen) atoms. The van der Waals surface area contributed by atoms with Crippen molar-refractivity contribution in [1.29, 1.82) is 0 Å². The van der Waals surface area contributed by atoms with Crippen molar-refractivity contribution >= 4 is 59.8 Å². The van der Waals surface area contributed by atoms with Gasteiger partial charge in [-0.3, -0.25) is 4.79 Å². The molecule has 0 saturated carbocycles. The molecule has 2 heterocycles. The number of benzene rings is 2. The van der Waals surface area contributed by atoms with Crippen molar-refractivity contribution in [2.45, 2.75) is 10.2 Å². The second kappa shape index (κ2) is 7.79. The monoisotopic (exact) mass is 466 g/mol. The van der Waals surface area contributed by atoms with Gasteiger partial charge >= 0.3 is 5.97 Å². The molecule has 4 rings (SSSR count). The molecule has 6 nitrogen and oxygen atoms in total. The van der Waals surface area contributed by atoms with Gasteiger partial charge in [0.2, 0.25) is 0 Å². The average Bonchev–Trinajstić information content (AvgIpc) is 3.25. The molecule has 0 saturated heterocycles. The van der Waals surface area contributed by atoms with E-state index in [-0.39, 0.29) is 0 Å². The molecule has 2 aromatic carbocycles. The molecule has 1 unspecified atom stereocenters. The third-order valence-corrected chi connectivity index (χ3v) is 4.80. The summed E-state index contributed by atoms with van der Waals surface area (Å²) in [6.07, 6.45) is 0. The summed E-state index contributed by atoms with van der Waals surface area (Å²) in [6.45, 7) is 0. The topological polar surface area (TPSA) is 89.4 Å². The molecule has 1 N–H and O–H groups in total. The van der Waals surface area contributed by atoms with Gasteiger partial charge in [-0.2, -0.15) is 0 Å². The molecule has 0 radical (unpaired) electrons. The number of halogens is 2. The van der Waals surface area contributed by atoms with Crippen molar-refractivity contribution in [3.63, 3.8) is 0 Å². The second-order valence-corrected chi connectivity index (χ2v) is 6.50. The van der Waals surface area contributed by atoms with Gasteiger partial charge < -0.3 is 14.2 Å². The first-order chi connectivity index (χ1) is 12.1. The van der Waals surface area contributed by atoms with E-state index in [9.17, 15) is 4.79 Å². The van der Waals surface area contributed by atoms with Gasteiger partial charge in [0.05, 0.1) is 0 Å². The van der Waals surface area contributed by atoms with Crippen molar-refractivity contribution in [2.75, 3.05) is 0 Å². The number of hydrogen-bond donors (Lipinski definition) is 1. The third kappa shape index (κ3) is 3.74. The Balaban J connectivity index is 0.000000150. The number of carboxylic acids is 1. The van der Waals surface area contributed by atoms with E-state index >= 15 is 0 Å². The molecule has 2 aromatic heterocycles. The number of hydrogen-bond acceptors (Lipinski definition) is 5. The lowest BCUT2D eigenvalue weighted by molar-refractivity contribution is -0.136. The molecule has 0 spiro atoms. The molecule has 4 aromatic rings. The van der Waals surface area contributed by atoms with Crippen LogP contribution in [0, 0.1) is 0 Å². The lowest BCUT2D eigenvalue weighted by Crippen LogP contribution is -2.04. The summed E-state index contributed by atoms with van der Waals surface area (Å²) in [5.74, 6) is -0.982. The zero-order valence-electron chi connectivity index (χ0n) is 12.7. The number of nitrogens with zero attached hydrogens (tertiary/aromatic N) is 2. The second-order valence-electron chi connectivity index (χ2n) is 5.02. The molecular weight excluding hydrogens is 456 g/mol. The minimum absolute atomic E-state index is 0.396. The molecule has 0 aliphatic carbocycles. The smallest absolute Gasteiger partial charge is 0.323 e. The first-order valence-corrected chi connectivity index (χ1v) is 9.26. The molecule has 0 fully saturated rings. The maximum Gasteiger partial charge on any atom is 0.323 e. The number of fused-ring (bicyclic) bond motifs is 2. The third-order valence-electron chi connectivity index (χ3n) is 3.44. The lowest BCUT2D eigenvalue weighted by atomic mass is 10.2. The lowest BCUT2D eigenvalue weighted by Gasteiger charge is -1.98. The fourth-order valence-electron chi connectivity index (χ4n) is 2.24. The highest BCUT2D eigenvalue weighted by molar-refractivity contribution is 9.09. The number of aromatic nitrogens is 2. The fraction of sp³-hybridized carbons (Fsp3) is 0.118. The van der Waals surface area contributed by atoms with E-state index in [0.717, 1.165) is 27.4 Å². The first-order valence-electron chi connectivity index (χ1n) is 7.22. The first kappa shape index (κ1) is 17.6. The Morgan fingerprint density at radius 2 is 1.56 bits per heavy atom. The van der Waals surface area contributed by atoms with E-state index in [2.05, 4.69) is 42.2 Å². The summed E-state index contributed by atoms with van der Waals surface area (Å²) < 4.78 is 10.0. The zero-order chi connectivity index (χ0) is 17.8. The van der Waals surface area contributed by atoms with Crippen LogP contribution in [0.2, 0.25) is 0 Å². The highest BCUT2D eigenvalue weighted by Crippen LogP contribution is 2.29. The molecule has 0 aliphatic heterocycles. The Kier molecular flexibility index (Phi) is 5.50. The van der Waals surface area contributed by atoms with Gasteiger partial charge in [-0.05, 0) is 24.3 Å². The van der Waals surface area contributed by atoms with Crippen LogP contribution in [-0.2, 0) is 10.1 Å². The number of para-hydroxylation sites is 2. The highest BCUT2D eigenvalue weighted by Gasteiger charge is 2.22. The quantitative estimate of drug-likeness (QED) is 0.423. The number of carboxylic acid groups (broad SMARTS) is 1. The van der Waals surface area contributed by atoms with Crippen LogP contribution >= 0.6 is 31.9 Å². The summed E-state index contributed by atoms with van der Waals surface area (Å²) in [5.41, 5.74) is 2.80. The SMILES string of the molecule is BrCc1noc2ccccc12.O=C(O)C(Br)c1noc2ccccc12. The largest absolute Gasteiger partial charge is 0.480 e. The summed E-state index contributed by atoms with van der Waals surface area (Å²) in [7, 11) is 0. The molecule has 0 bridgehead atoms. The van der Waals surface area contributed by atoms with E-state index in [1.54, 1.807) is 18.2 Å². The Hall–Kier alpha value is -2.19. The van der Waals surface area contributed by atoms with Gasteiger partial charge in [0, 0.05) is 16.1 Å². The Bertz CT molecular complexity index is 1010. The predicted molar refractivity (Wildman–Crippen MR) is 100.0 cm³/mol. The Morgan fingerprint density at radius 3 is 2.20 bits per heavy atom. The van der Waals surface area contributed by atoms with Crippen molar-refractivity contribution in [3.05, 3.63) is 59.9 Å².